The van der Waals surface area contributed by atoms with E-state index >= 15 is 0 Å². The summed E-state index contributed by atoms with van der Waals surface area (Å²) in [4.78, 5) is 23.7. The number of rotatable bonds is 4. The third kappa shape index (κ3) is 2.06. The Bertz CT molecular complexity index is 850. The van der Waals surface area contributed by atoms with Crippen LogP contribution in [-0.2, 0) is 12.8 Å². The molecule has 0 fully saturated rings. The van der Waals surface area contributed by atoms with Crippen LogP contribution in [0.5, 0.6) is 0 Å². The third-order valence-electron chi connectivity index (χ3n) is 4.25. The molecule has 0 heterocycles. The Kier molecular flexibility index (Phi) is 3.32. The molecule has 120 valence electrons. The second-order valence-corrected chi connectivity index (χ2v) is 5.74. The quantitative estimate of drug-likeness (QED) is 0.687. The molecule has 0 saturated heterocycles. The highest BCUT2D eigenvalue weighted by Gasteiger charge is 2.31. The van der Waals surface area contributed by atoms with Crippen LogP contribution in [0.25, 0.3) is 10.8 Å². The third-order valence-corrected chi connectivity index (χ3v) is 4.25. The molecule has 0 radical (unpaired) electrons. The number of anilines is 2. The second kappa shape index (κ2) is 5.08. The first-order valence-electron chi connectivity index (χ1n) is 7.16. The van der Waals surface area contributed by atoms with E-state index in [1.807, 2.05) is 0 Å². The number of nitro groups is 2. The zero-order valence-electron chi connectivity index (χ0n) is 13.0. The Morgan fingerprint density at radius 2 is 1.52 bits per heavy atom. The van der Waals surface area contributed by atoms with Crippen LogP contribution in [-0.4, -0.2) is 31.0 Å². The number of hydrogen-bond donors (Lipinski definition) is 1. The fourth-order valence-electron chi connectivity index (χ4n) is 3.41. The minimum absolute atomic E-state index is 0.0256. The van der Waals surface area contributed by atoms with Crippen LogP contribution >= 0.6 is 0 Å². The molecule has 2 aromatic rings. The topological polar surface area (TPSA) is 102 Å². The van der Waals surface area contributed by atoms with Gasteiger partial charge in [0, 0.05) is 38.7 Å². The van der Waals surface area contributed by atoms with E-state index in [-0.39, 0.29) is 11.4 Å². The molecule has 0 aliphatic heterocycles. The smallest absolute Gasteiger partial charge is 0.293 e. The molecule has 1 N–H and O–H groups in total. The van der Waals surface area contributed by atoms with Crippen LogP contribution in [0.4, 0.5) is 22.7 Å². The molecule has 1 aliphatic carbocycles. The number of nitro benzene ring substituents is 2. The van der Waals surface area contributed by atoms with E-state index in [4.69, 9.17) is 0 Å². The first kappa shape index (κ1) is 15.0. The summed E-state index contributed by atoms with van der Waals surface area (Å²) in [7, 11) is 5.01. The summed E-state index contributed by atoms with van der Waals surface area (Å²) >= 11 is 0. The number of nitrogens with one attached hydrogen (secondary N) is 1. The summed E-state index contributed by atoms with van der Waals surface area (Å²) in [6.07, 6.45) is 1.31. The predicted molar refractivity (Wildman–Crippen MR) is 88.5 cm³/mol. The maximum atomic E-state index is 11.5. The van der Waals surface area contributed by atoms with Gasteiger partial charge in [0.1, 0.15) is 11.4 Å². The van der Waals surface area contributed by atoms with Crippen LogP contribution in [0.15, 0.2) is 12.1 Å². The van der Waals surface area contributed by atoms with Crippen molar-refractivity contribution in [1.29, 1.82) is 0 Å². The molecule has 1 aliphatic rings. The highest BCUT2D eigenvalue weighted by Crippen LogP contribution is 2.48. The van der Waals surface area contributed by atoms with Crippen molar-refractivity contribution in [3.63, 3.8) is 0 Å². The Morgan fingerprint density at radius 1 is 1.00 bits per heavy atom. The van der Waals surface area contributed by atoms with Crippen LogP contribution in [0.3, 0.4) is 0 Å². The average molecular weight is 316 g/mol. The van der Waals surface area contributed by atoms with Crippen molar-refractivity contribution in [1.82, 2.24) is 0 Å². The fraction of sp³-hybridized carbons (Fsp3) is 0.333. The van der Waals surface area contributed by atoms with Crippen molar-refractivity contribution in [3.8, 4) is 0 Å². The molecule has 0 bridgehead atoms. The summed E-state index contributed by atoms with van der Waals surface area (Å²) in [5, 5.41) is 27.3. The van der Waals surface area contributed by atoms with Crippen LogP contribution in [0.2, 0.25) is 0 Å². The molecule has 23 heavy (non-hydrogen) atoms. The Labute approximate surface area is 132 Å². The summed E-state index contributed by atoms with van der Waals surface area (Å²) in [5.74, 6) is 0. The van der Waals surface area contributed by atoms with Gasteiger partial charge in [-0.2, -0.15) is 0 Å². The van der Waals surface area contributed by atoms with Gasteiger partial charge in [-0.1, -0.05) is 0 Å². The van der Waals surface area contributed by atoms with E-state index in [9.17, 15) is 20.2 Å². The highest BCUT2D eigenvalue weighted by molar-refractivity contribution is 6.12. The molecular weight excluding hydrogens is 300 g/mol. The van der Waals surface area contributed by atoms with Crippen LogP contribution in [0.1, 0.15) is 11.1 Å². The van der Waals surface area contributed by atoms with Crippen molar-refractivity contribution in [2.75, 3.05) is 31.4 Å². The Balaban J connectivity index is 2.59. The van der Waals surface area contributed by atoms with E-state index in [0.29, 0.717) is 29.6 Å². The summed E-state index contributed by atoms with van der Waals surface area (Å²) in [6.45, 7) is 0. The van der Waals surface area contributed by atoms with Crippen LogP contribution < -0.4 is 10.2 Å². The number of aryl methyl sites for hydroxylation is 2. The average Bonchev–Trinajstić information content (AvgIpc) is 2.89. The van der Waals surface area contributed by atoms with E-state index in [0.717, 1.165) is 16.5 Å². The monoisotopic (exact) mass is 316 g/mol. The van der Waals surface area contributed by atoms with Gasteiger partial charge in [0.25, 0.3) is 11.4 Å². The lowest BCUT2D eigenvalue weighted by molar-refractivity contribution is -0.384. The van der Waals surface area contributed by atoms with Crippen molar-refractivity contribution < 1.29 is 9.85 Å². The van der Waals surface area contributed by atoms with Gasteiger partial charge >= 0.3 is 0 Å². The Morgan fingerprint density at radius 3 is 1.96 bits per heavy atom. The molecule has 2 aromatic carbocycles. The van der Waals surface area contributed by atoms with Gasteiger partial charge in [-0.05, 0) is 29.4 Å². The molecule has 0 unspecified atom stereocenters. The number of hydrogen-bond acceptors (Lipinski definition) is 6. The van der Waals surface area contributed by atoms with E-state index < -0.39 is 9.85 Å². The molecule has 0 aromatic heterocycles. The van der Waals surface area contributed by atoms with Crippen molar-refractivity contribution >= 4 is 33.5 Å². The SMILES string of the molecule is CNc1c([N+](=O)[O-])cc2c3c(cc([N+](=O)[O-])c(N(C)C)c13)CC2. The number of benzene rings is 2. The van der Waals surface area contributed by atoms with Gasteiger partial charge in [-0.15, -0.1) is 0 Å². The Hall–Kier alpha value is -2.90. The largest absolute Gasteiger partial charge is 0.382 e. The van der Waals surface area contributed by atoms with Gasteiger partial charge in [0.2, 0.25) is 0 Å². The lowest BCUT2D eigenvalue weighted by Crippen LogP contribution is -2.13. The lowest BCUT2D eigenvalue weighted by atomic mass is 9.98. The molecule has 3 rings (SSSR count). The predicted octanol–water partition coefficient (Wildman–Crippen LogP) is 2.86. The summed E-state index contributed by atoms with van der Waals surface area (Å²) < 4.78 is 0. The number of nitrogens with zero attached hydrogens (tertiary/aromatic N) is 3. The van der Waals surface area contributed by atoms with Crippen molar-refractivity contribution in [2.45, 2.75) is 12.8 Å². The van der Waals surface area contributed by atoms with E-state index in [1.54, 1.807) is 38.2 Å². The highest BCUT2D eigenvalue weighted by atomic mass is 16.6. The van der Waals surface area contributed by atoms with Gasteiger partial charge in [0.05, 0.1) is 9.85 Å². The van der Waals surface area contributed by atoms with Crippen molar-refractivity contribution in [3.05, 3.63) is 43.5 Å². The van der Waals surface area contributed by atoms with Crippen LogP contribution in [0, 0.1) is 20.2 Å². The fourth-order valence-corrected chi connectivity index (χ4v) is 3.41. The minimum Gasteiger partial charge on any atom is -0.382 e. The zero-order chi connectivity index (χ0) is 16.9. The minimum atomic E-state index is -0.446. The molecule has 0 spiro atoms. The maximum Gasteiger partial charge on any atom is 0.293 e. The molecule has 0 atom stereocenters. The zero-order valence-corrected chi connectivity index (χ0v) is 13.0. The normalized spacial score (nSPS) is 12.5. The molecule has 8 heteroatoms. The standard InChI is InChI=1S/C15H16N4O4/c1-16-14-10(18(20)21)6-8-4-5-9-7-11(19(22)23)15(17(2)3)13(14)12(8)9/h6-7,16H,4-5H2,1-3H3. The summed E-state index contributed by atoms with van der Waals surface area (Å²) in [5.41, 5.74) is 2.39. The first-order valence-corrected chi connectivity index (χ1v) is 7.16. The maximum absolute atomic E-state index is 11.5. The van der Waals surface area contributed by atoms with E-state index in [1.165, 1.54) is 0 Å². The molecule has 0 amide bonds. The lowest BCUT2D eigenvalue weighted by Gasteiger charge is -2.19. The van der Waals surface area contributed by atoms with E-state index in [2.05, 4.69) is 5.32 Å². The van der Waals surface area contributed by atoms with Gasteiger partial charge in [-0.25, -0.2) is 0 Å². The van der Waals surface area contributed by atoms with Gasteiger partial charge < -0.3 is 10.2 Å². The second-order valence-electron chi connectivity index (χ2n) is 5.74. The molecule has 8 nitrogen and oxygen atoms in total. The molecule has 0 saturated carbocycles. The molecular formula is C15H16N4O4. The summed E-state index contributed by atoms with van der Waals surface area (Å²) in [6, 6.07) is 3.18. The first-order chi connectivity index (χ1) is 10.9. The van der Waals surface area contributed by atoms with Crippen molar-refractivity contribution in [2.24, 2.45) is 0 Å². The van der Waals surface area contributed by atoms with Gasteiger partial charge in [0.15, 0.2) is 0 Å². The van der Waals surface area contributed by atoms with Gasteiger partial charge in [-0.3, -0.25) is 20.2 Å².